The van der Waals surface area contributed by atoms with Crippen molar-refractivity contribution in [2.75, 3.05) is 33.3 Å². The Bertz CT molecular complexity index is 498. The summed E-state index contributed by atoms with van der Waals surface area (Å²) < 4.78 is 43.0. The Morgan fingerprint density at radius 2 is 1.88 bits per heavy atom. The van der Waals surface area contributed by atoms with E-state index in [0.29, 0.717) is 24.4 Å². The van der Waals surface area contributed by atoms with Crippen molar-refractivity contribution in [2.24, 2.45) is 0 Å². The van der Waals surface area contributed by atoms with Crippen molar-refractivity contribution >= 4 is 24.8 Å². The smallest absolute Gasteiger partial charge is 0.389 e. The molecule has 1 aliphatic rings. The Labute approximate surface area is 152 Å². The minimum absolute atomic E-state index is 0. The maximum absolute atomic E-state index is 12.6. The average molecular weight is 391 g/mol. The molecule has 0 saturated carbocycles. The first-order valence-electron chi connectivity index (χ1n) is 7.29. The molecule has 0 amide bonds. The van der Waals surface area contributed by atoms with Gasteiger partial charge in [-0.2, -0.15) is 13.2 Å². The molecule has 1 heterocycles. The van der Waals surface area contributed by atoms with Crippen LogP contribution in [0.1, 0.15) is 24.4 Å². The van der Waals surface area contributed by atoms with Gasteiger partial charge in [-0.05, 0) is 24.6 Å². The lowest BCUT2D eigenvalue weighted by Crippen LogP contribution is -2.45. The summed E-state index contributed by atoms with van der Waals surface area (Å²) in [5.41, 5.74) is 0.491. The Morgan fingerprint density at radius 1 is 1.25 bits per heavy atom. The summed E-state index contributed by atoms with van der Waals surface area (Å²) >= 11 is 0. The van der Waals surface area contributed by atoms with Crippen molar-refractivity contribution in [1.29, 1.82) is 0 Å². The van der Waals surface area contributed by atoms with Crippen LogP contribution in [0.4, 0.5) is 13.2 Å². The van der Waals surface area contributed by atoms with Crippen LogP contribution in [0, 0.1) is 0 Å². The Hall–Kier alpha value is -0.890. The summed E-state index contributed by atoms with van der Waals surface area (Å²) in [4.78, 5) is 1.98. The molecule has 0 aromatic heterocycles. The summed E-state index contributed by atoms with van der Waals surface area (Å²) in [7, 11) is 1.49. The molecule has 1 saturated heterocycles. The van der Waals surface area contributed by atoms with E-state index in [1.165, 1.54) is 13.2 Å². The second-order valence-electron chi connectivity index (χ2n) is 5.38. The number of piperazine rings is 1. The van der Waals surface area contributed by atoms with E-state index in [4.69, 9.17) is 4.74 Å². The zero-order valence-electron chi connectivity index (χ0n) is 13.3. The maximum Gasteiger partial charge on any atom is 0.389 e. The molecule has 1 aromatic rings. The maximum atomic E-state index is 12.6. The number of hydrogen-bond donors (Lipinski definition) is 2. The predicted octanol–water partition coefficient (Wildman–Crippen LogP) is 3.53. The van der Waals surface area contributed by atoms with Gasteiger partial charge in [0.1, 0.15) is 11.5 Å². The predicted molar refractivity (Wildman–Crippen MR) is 91.6 cm³/mol. The number of hydrogen-bond acceptors (Lipinski definition) is 4. The van der Waals surface area contributed by atoms with Gasteiger partial charge in [-0.15, -0.1) is 24.8 Å². The molecule has 2 rings (SSSR count). The standard InChI is InChI=1S/C15H21F3N2O2.2ClH/c1-22-11-2-3-14(21)12(10-11)13(4-5-15(16,17)18)20-8-6-19-7-9-20;;/h2-3,10,13,19,21H,4-9H2,1H3;2*1H/t13-;;/m0../s1. The zero-order chi connectivity index (χ0) is 16.2. The van der Waals surface area contributed by atoms with Gasteiger partial charge in [-0.1, -0.05) is 0 Å². The number of halogens is 5. The van der Waals surface area contributed by atoms with Gasteiger partial charge in [0.25, 0.3) is 0 Å². The molecule has 1 fully saturated rings. The molecular weight excluding hydrogens is 368 g/mol. The van der Waals surface area contributed by atoms with Gasteiger partial charge in [-0.25, -0.2) is 0 Å². The molecule has 9 heteroatoms. The SMILES string of the molecule is COc1ccc(O)c([C@H](CCC(F)(F)F)N2CCNCC2)c1.Cl.Cl. The van der Waals surface area contributed by atoms with Crippen LogP contribution in [-0.2, 0) is 0 Å². The van der Waals surface area contributed by atoms with Crippen molar-refractivity contribution in [3.05, 3.63) is 23.8 Å². The highest BCUT2D eigenvalue weighted by molar-refractivity contribution is 5.85. The number of phenolic OH excluding ortho intramolecular Hbond substituents is 1. The molecule has 0 radical (unpaired) electrons. The third-order valence-corrected chi connectivity index (χ3v) is 3.89. The van der Waals surface area contributed by atoms with Gasteiger partial charge in [-0.3, -0.25) is 4.90 Å². The number of nitrogens with zero attached hydrogens (tertiary/aromatic N) is 1. The number of methoxy groups -OCH3 is 1. The van der Waals surface area contributed by atoms with E-state index >= 15 is 0 Å². The van der Waals surface area contributed by atoms with Gasteiger partial charge in [0.2, 0.25) is 0 Å². The van der Waals surface area contributed by atoms with Crippen LogP contribution in [0.5, 0.6) is 11.5 Å². The average Bonchev–Trinajstić information content (AvgIpc) is 2.49. The van der Waals surface area contributed by atoms with Crippen LogP contribution < -0.4 is 10.1 Å². The lowest BCUT2D eigenvalue weighted by Gasteiger charge is -2.35. The largest absolute Gasteiger partial charge is 0.508 e. The van der Waals surface area contributed by atoms with Crippen LogP contribution in [-0.4, -0.2) is 49.5 Å². The topological polar surface area (TPSA) is 44.7 Å². The summed E-state index contributed by atoms with van der Waals surface area (Å²) in [6.45, 7) is 2.76. The highest BCUT2D eigenvalue weighted by atomic mass is 35.5. The van der Waals surface area contributed by atoms with E-state index in [1.54, 1.807) is 12.1 Å². The third-order valence-electron chi connectivity index (χ3n) is 3.89. The minimum Gasteiger partial charge on any atom is -0.508 e. The fraction of sp³-hybridized carbons (Fsp3) is 0.600. The molecule has 0 bridgehead atoms. The molecule has 140 valence electrons. The number of ether oxygens (including phenoxy) is 1. The summed E-state index contributed by atoms with van der Waals surface area (Å²) in [5, 5.41) is 13.3. The van der Waals surface area contributed by atoms with Gasteiger partial charge >= 0.3 is 6.18 Å². The zero-order valence-corrected chi connectivity index (χ0v) is 14.9. The van der Waals surface area contributed by atoms with E-state index in [0.717, 1.165) is 13.1 Å². The monoisotopic (exact) mass is 390 g/mol. The van der Waals surface area contributed by atoms with Crippen LogP contribution in [0.15, 0.2) is 18.2 Å². The van der Waals surface area contributed by atoms with Crippen molar-refractivity contribution < 1.29 is 23.0 Å². The van der Waals surface area contributed by atoms with Gasteiger partial charge < -0.3 is 15.2 Å². The number of benzene rings is 1. The molecule has 24 heavy (non-hydrogen) atoms. The second-order valence-corrected chi connectivity index (χ2v) is 5.38. The highest BCUT2D eigenvalue weighted by Crippen LogP contribution is 2.37. The number of aromatic hydroxyl groups is 1. The minimum atomic E-state index is -4.21. The van der Waals surface area contributed by atoms with E-state index in [9.17, 15) is 18.3 Å². The fourth-order valence-corrected chi connectivity index (χ4v) is 2.76. The highest BCUT2D eigenvalue weighted by Gasteiger charge is 2.32. The molecule has 1 atom stereocenters. The fourth-order valence-electron chi connectivity index (χ4n) is 2.76. The first-order valence-corrected chi connectivity index (χ1v) is 7.29. The Morgan fingerprint density at radius 3 is 2.42 bits per heavy atom. The first kappa shape index (κ1) is 23.1. The summed E-state index contributed by atoms with van der Waals surface area (Å²) in [5.74, 6) is 0.534. The lowest BCUT2D eigenvalue weighted by atomic mass is 9.98. The second kappa shape index (κ2) is 10.2. The molecular formula is C15H23Cl2F3N2O2. The summed E-state index contributed by atoms with van der Waals surface area (Å²) in [6, 6.07) is 4.21. The van der Waals surface area contributed by atoms with Crippen LogP contribution in [0.3, 0.4) is 0 Å². The van der Waals surface area contributed by atoms with E-state index < -0.39 is 18.6 Å². The van der Waals surface area contributed by atoms with Gasteiger partial charge in [0.05, 0.1) is 7.11 Å². The summed E-state index contributed by atoms with van der Waals surface area (Å²) in [6.07, 6.45) is -5.16. The molecule has 0 spiro atoms. The van der Waals surface area contributed by atoms with Crippen LogP contribution in [0.25, 0.3) is 0 Å². The quantitative estimate of drug-likeness (QED) is 0.806. The van der Waals surface area contributed by atoms with E-state index in [2.05, 4.69) is 5.32 Å². The van der Waals surface area contributed by atoms with E-state index in [1.807, 2.05) is 4.90 Å². The molecule has 2 N–H and O–H groups in total. The molecule has 0 unspecified atom stereocenters. The lowest BCUT2D eigenvalue weighted by molar-refractivity contribution is -0.138. The number of alkyl halides is 3. The molecule has 1 aliphatic heterocycles. The van der Waals surface area contributed by atoms with Crippen LogP contribution in [0.2, 0.25) is 0 Å². The number of nitrogens with one attached hydrogen (secondary N) is 1. The Kier molecular flexibility index (Phi) is 9.80. The van der Waals surface area contributed by atoms with E-state index in [-0.39, 0.29) is 37.0 Å². The van der Waals surface area contributed by atoms with Gasteiger partial charge in [0, 0.05) is 44.2 Å². The third kappa shape index (κ3) is 6.55. The normalized spacial score (nSPS) is 16.7. The van der Waals surface area contributed by atoms with Gasteiger partial charge in [0.15, 0.2) is 0 Å². The molecule has 0 aliphatic carbocycles. The van der Waals surface area contributed by atoms with Crippen LogP contribution >= 0.6 is 24.8 Å². The molecule has 1 aromatic carbocycles. The van der Waals surface area contributed by atoms with Crippen molar-refractivity contribution in [2.45, 2.75) is 25.1 Å². The Balaban J connectivity index is 0.00000264. The number of rotatable bonds is 5. The first-order chi connectivity index (χ1) is 10.4. The molecule has 4 nitrogen and oxygen atoms in total. The number of phenols is 1. The van der Waals surface area contributed by atoms with Crippen molar-refractivity contribution in [3.63, 3.8) is 0 Å². The van der Waals surface area contributed by atoms with Crippen molar-refractivity contribution in [1.82, 2.24) is 10.2 Å². The van der Waals surface area contributed by atoms with Crippen molar-refractivity contribution in [3.8, 4) is 11.5 Å².